The van der Waals surface area contributed by atoms with Crippen molar-refractivity contribution in [3.05, 3.63) is 87.4 Å². The number of aryl methyl sites for hydroxylation is 1. The number of phenols is 1. The van der Waals surface area contributed by atoms with Gasteiger partial charge in [-0.05, 0) is 71.5 Å². The third-order valence-electron chi connectivity index (χ3n) is 5.84. The molecule has 32 heavy (non-hydrogen) atoms. The largest absolute Gasteiger partial charge is 0.508 e. The van der Waals surface area contributed by atoms with E-state index in [4.69, 9.17) is 21.1 Å². The number of amides is 1. The van der Waals surface area contributed by atoms with E-state index in [0.717, 1.165) is 40.6 Å². The molecular weight excluding hydrogens is 426 g/mol. The van der Waals surface area contributed by atoms with Gasteiger partial charge in [0.05, 0.1) is 19.8 Å². The second-order valence-corrected chi connectivity index (χ2v) is 8.40. The van der Waals surface area contributed by atoms with Crippen LogP contribution in [0, 0.1) is 6.92 Å². The molecule has 0 bridgehead atoms. The molecule has 0 radical (unpaired) electrons. The molecule has 0 saturated heterocycles. The maximum absolute atomic E-state index is 11.9. The molecule has 0 fully saturated rings. The lowest BCUT2D eigenvalue weighted by Crippen LogP contribution is -2.35. The van der Waals surface area contributed by atoms with Crippen molar-refractivity contribution in [3.8, 4) is 17.2 Å². The number of rotatable bonds is 7. The standard InChI is InChI=1S/C26H26ClNO4/c1-17-6-7-21(23(27)12-17)26-22-15-25(32-11-9-18-4-3-5-20(30)13-18)24(31-2)14-19(22)8-10-28(26)16-29/h3-7,12-16,26,30H,8-11H2,1-2H3. The van der Waals surface area contributed by atoms with Crippen LogP contribution in [0.4, 0.5) is 0 Å². The molecule has 3 aromatic carbocycles. The Hall–Kier alpha value is -3.18. The highest BCUT2D eigenvalue weighted by atomic mass is 35.5. The number of nitrogens with zero attached hydrogens (tertiary/aromatic N) is 1. The number of benzene rings is 3. The minimum atomic E-state index is -0.288. The van der Waals surface area contributed by atoms with E-state index in [9.17, 15) is 9.90 Å². The SMILES string of the molecule is COc1cc2c(cc1OCCc1cccc(O)c1)C(c1ccc(C)cc1Cl)N(C=O)CC2. The quantitative estimate of drug-likeness (QED) is 0.508. The number of fused-ring (bicyclic) bond motifs is 1. The number of ether oxygens (including phenoxy) is 2. The topological polar surface area (TPSA) is 59.0 Å². The van der Waals surface area contributed by atoms with Crippen molar-refractivity contribution in [3.63, 3.8) is 0 Å². The molecule has 4 rings (SSSR count). The fourth-order valence-electron chi connectivity index (χ4n) is 4.22. The molecule has 6 heteroatoms. The summed E-state index contributed by atoms with van der Waals surface area (Å²) in [6.07, 6.45) is 2.26. The average molecular weight is 452 g/mol. The van der Waals surface area contributed by atoms with Gasteiger partial charge >= 0.3 is 0 Å². The number of phenolic OH excluding ortho intramolecular Hbond substituents is 1. The first-order chi connectivity index (χ1) is 15.5. The summed E-state index contributed by atoms with van der Waals surface area (Å²) >= 11 is 6.60. The van der Waals surface area contributed by atoms with Gasteiger partial charge in [0, 0.05) is 18.0 Å². The molecular formula is C26H26ClNO4. The first kappa shape index (κ1) is 22.0. The van der Waals surface area contributed by atoms with Gasteiger partial charge in [0.1, 0.15) is 5.75 Å². The molecule has 0 aliphatic carbocycles. The fourth-order valence-corrected chi connectivity index (χ4v) is 4.56. The Labute approximate surface area is 193 Å². The average Bonchev–Trinajstić information content (AvgIpc) is 2.78. The van der Waals surface area contributed by atoms with Crippen LogP contribution in [0.15, 0.2) is 54.6 Å². The van der Waals surface area contributed by atoms with Crippen molar-refractivity contribution < 1.29 is 19.4 Å². The zero-order valence-electron chi connectivity index (χ0n) is 18.2. The van der Waals surface area contributed by atoms with Crippen LogP contribution < -0.4 is 9.47 Å². The van der Waals surface area contributed by atoms with Gasteiger partial charge < -0.3 is 19.5 Å². The highest BCUT2D eigenvalue weighted by molar-refractivity contribution is 6.31. The molecule has 1 N–H and O–H groups in total. The Kier molecular flexibility index (Phi) is 6.56. The summed E-state index contributed by atoms with van der Waals surface area (Å²) in [5, 5.41) is 10.3. The van der Waals surface area contributed by atoms with Crippen molar-refractivity contribution >= 4 is 18.0 Å². The van der Waals surface area contributed by atoms with Crippen LogP contribution in [0.3, 0.4) is 0 Å². The number of aromatic hydroxyl groups is 1. The van der Waals surface area contributed by atoms with Gasteiger partial charge in [-0.15, -0.1) is 0 Å². The third kappa shape index (κ3) is 4.53. The maximum atomic E-state index is 11.9. The van der Waals surface area contributed by atoms with Crippen LogP contribution in [-0.4, -0.2) is 36.7 Å². The molecule has 3 aromatic rings. The van der Waals surface area contributed by atoms with E-state index in [-0.39, 0.29) is 11.8 Å². The van der Waals surface area contributed by atoms with Crippen molar-refractivity contribution in [2.45, 2.75) is 25.8 Å². The fraction of sp³-hybridized carbons (Fsp3) is 0.269. The van der Waals surface area contributed by atoms with Crippen LogP contribution in [-0.2, 0) is 17.6 Å². The molecule has 5 nitrogen and oxygen atoms in total. The lowest BCUT2D eigenvalue weighted by molar-refractivity contribution is -0.119. The molecule has 0 saturated carbocycles. The van der Waals surface area contributed by atoms with Crippen LogP contribution in [0.25, 0.3) is 0 Å². The van der Waals surface area contributed by atoms with E-state index < -0.39 is 0 Å². The van der Waals surface area contributed by atoms with E-state index in [1.165, 1.54) is 0 Å². The summed E-state index contributed by atoms with van der Waals surface area (Å²) in [4.78, 5) is 13.7. The van der Waals surface area contributed by atoms with Gasteiger partial charge in [0.2, 0.25) is 6.41 Å². The summed E-state index contributed by atoms with van der Waals surface area (Å²) in [6, 6.07) is 16.7. The lowest BCUT2D eigenvalue weighted by Gasteiger charge is -2.36. The molecule has 1 unspecified atom stereocenters. The predicted molar refractivity (Wildman–Crippen MR) is 125 cm³/mol. The molecule has 1 aliphatic rings. The first-order valence-corrected chi connectivity index (χ1v) is 11.0. The number of halogens is 1. The van der Waals surface area contributed by atoms with Gasteiger partial charge in [-0.3, -0.25) is 4.79 Å². The van der Waals surface area contributed by atoms with Gasteiger partial charge in [-0.25, -0.2) is 0 Å². The van der Waals surface area contributed by atoms with E-state index >= 15 is 0 Å². The summed E-state index contributed by atoms with van der Waals surface area (Å²) < 4.78 is 11.7. The molecule has 166 valence electrons. The maximum Gasteiger partial charge on any atom is 0.210 e. The molecule has 0 spiro atoms. The minimum absolute atomic E-state index is 0.237. The molecule has 0 aromatic heterocycles. The van der Waals surface area contributed by atoms with Gasteiger partial charge in [-0.1, -0.05) is 35.9 Å². The summed E-state index contributed by atoms with van der Waals surface area (Å²) in [6.45, 7) is 3.02. The summed E-state index contributed by atoms with van der Waals surface area (Å²) in [5.41, 5.74) is 5.04. The second-order valence-electron chi connectivity index (χ2n) is 7.99. The Bertz CT molecular complexity index is 1130. The number of carbonyl (C=O) groups is 1. The minimum Gasteiger partial charge on any atom is -0.508 e. The van der Waals surface area contributed by atoms with E-state index in [1.54, 1.807) is 24.1 Å². The zero-order valence-corrected chi connectivity index (χ0v) is 18.9. The van der Waals surface area contributed by atoms with Crippen molar-refractivity contribution in [1.29, 1.82) is 0 Å². The summed E-state index contributed by atoms with van der Waals surface area (Å²) in [5.74, 6) is 1.51. The predicted octanol–water partition coefficient (Wildman–Crippen LogP) is 5.09. The molecule has 1 amide bonds. The van der Waals surface area contributed by atoms with Crippen LogP contribution in [0.1, 0.15) is 33.9 Å². The molecule has 1 aliphatic heterocycles. The normalized spacial score (nSPS) is 15.2. The zero-order chi connectivity index (χ0) is 22.7. The number of methoxy groups -OCH3 is 1. The van der Waals surface area contributed by atoms with Crippen molar-refractivity contribution in [1.82, 2.24) is 4.90 Å². The first-order valence-electron chi connectivity index (χ1n) is 10.6. The highest BCUT2D eigenvalue weighted by Crippen LogP contribution is 2.42. The Morgan fingerprint density at radius 2 is 1.97 bits per heavy atom. The van der Waals surface area contributed by atoms with Gasteiger partial charge in [0.25, 0.3) is 0 Å². The van der Waals surface area contributed by atoms with Gasteiger partial charge in [-0.2, -0.15) is 0 Å². The van der Waals surface area contributed by atoms with E-state index in [1.807, 2.05) is 49.4 Å². The summed E-state index contributed by atoms with van der Waals surface area (Å²) in [7, 11) is 1.62. The highest BCUT2D eigenvalue weighted by Gasteiger charge is 2.31. The molecule has 1 heterocycles. The Morgan fingerprint density at radius 1 is 1.12 bits per heavy atom. The Morgan fingerprint density at radius 3 is 2.69 bits per heavy atom. The van der Waals surface area contributed by atoms with Crippen molar-refractivity contribution in [2.75, 3.05) is 20.3 Å². The van der Waals surface area contributed by atoms with Crippen LogP contribution in [0.2, 0.25) is 5.02 Å². The second kappa shape index (κ2) is 9.53. The smallest absolute Gasteiger partial charge is 0.210 e. The number of hydrogen-bond acceptors (Lipinski definition) is 4. The number of hydrogen-bond donors (Lipinski definition) is 1. The number of carbonyl (C=O) groups excluding carboxylic acids is 1. The monoisotopic (exact) mass is 451 g/mol. The van der Waals surface area contributed by atoms with Crippen molar-refractivity contribution in [2.24, 2.45) is 0 Å². The van der Waals surface area contributed by atoms with E-state index in [2.05, 4.69) is 0 Å². The van der Waals surface area contributed by atoms with Crippen LogP contribution >= 0.6 is 11.6 Å². The molecule has 1 atom stereocenters. The Balaban J connectivity index is 1.67. The lowest BCUT2D eigenvalue weighted by atomic mass is 9.87. The van der Waals surface area contributed by atoms with E-state index in [0.29, 0.717) is 36.1 Å². The van der Waals surface area contributed by atoms with Crippen LogP contribution in [0.5, 0.6) is 17.2 Å². The van der Waals surface area contributed by atoms with Gasteiger partial charge in [0.15, 0.2) is 11.5 Å². The third-order valence-corrected chi connectivity index (χ3v) is 6.16.